The number of benzene rings is 1. The number of amides is 1. The molecule has 11 heteroatoms. The van der Waals surface area contributed by atoms with E-state index in [-0.39, 0.29) is 34.1 Å². The number of rotatable bonds is 8. The number of hydrogen-bond acceptors (Lipinski definition) is 8. The lowest BCUT2D eigenvalue weighted by molar-refractivity contribution is -0.124. The van der Waals surface area contributed by atoms with E-state index in [9.17, 15) is 19.2 Å². The van der Waals surface area contributed by atoms with Crippen molar-refractivity contribution in [3.63, 3.8) is 0 Å². The van der Waals surface area contributed by atoms with Gasteiger partial charge in [0.1, 0.15) is 11.4 Å². The normalized spacial score (nSPS) is 20.4. The van der Waals surface area contributed by atoms with Crippen LogP contribution >= 0.6 is 11.8 Å². The summed E-state index contributed by atoms with van der Waals surface area (Å²) < 4.78 is 21.9. The van der Waals surface area contributed by atoms with Crippen molar-refractivity contribution >= 4 is 45.3 Å². The number of nitrogens with one attached hydrogen (secondary N) is 1. The van der Waals surface area contributed by atoms with E-state index in [1.165, 1.54) is 24.9 Å². The number of esters is 1. The van der Waals surface area contributed by atoms with Crippen LogP contribution in [0.3, 0.4) is 0 Å². The number of methoxy groups -OCH3 is 1. The Bertz CT molecular complexity index is 1290. The molecule has 198 valence electrons. The van der Waals surface area contributed by atoms with Gasteiger partial charge in [0.15, 0.2) is 0 Å². The molecular weight excluding hydrogens is 499 g/mol. The third kappa shape index (κ3) is 5.52. The van der Waals surface area contributed by atoms with Crippen molar-refractivity contribution in [3.05, 3.63) is 39.9 Å². The van der Waals surface area contributed by atoms with Gasteiger partial charge in [0.2, 0.25) is 16.5 Å². The predicted molar refractivity (Wildman–Crippen MR) is 140 cm³/mol. The third-order valence-electron chi connectivity index (χ3n) is 7.31. The van der Waals surface area contributed by atoms with Gasteiger partial charge in [0.25, 0.3) is 0 Å². The quantitative estimate of drug-likeness (QED) is 0.519. The molecule has 1 unspecified atom stereocenters. The summed E-state index contributed by atoms with van der Waals surface area (Å²) in [6, 6.07) is 2.82. The van der Waals surface area contributed by atoms with E-state index in [2.05, 4.69) is 10.2 Å². The van der Waals surface area contributed by atoms with Crippen LogP contribution in [-0.2, 0) is 14.3 Å². The minimum Gasteiger partial charge on any atom is -0.465 e. The molecule has 1 amide bonds. The summed E-state index contributed by atoms with van der Waals surface area (Å²) in [5.74, 6) is -0.530. The summed E-state index contributed by atoms with van der Waals surface area (Å²) in [6.07, 6.45) is 5.20. The summed E-state index contributed by atoms with van der Waals surface area (Å²) in [6.45, 7) is 3.46. The summed E-state index contributed by atoms with van der Waals surface area (Å²) in [7, 11) is 1.23. The Balaban J connectivity index is 1.22. The Morgan fingerprint density at radius 2 is 1.89 bits per heavy atom. The Hall–Kier alpha value is -2.92. The molecule has 3 aliphatic rings. The minimum absolute atomic E-state index is 0.0448. The molecule has 2 saturated heterocycles. The number of pyridine rings is 1. The number of thioether (sulfide) groups is 1. The van der Waals surface area contributed by atoms with Crippen LogP contribution in [0.4, 0.5) is 10.1 Å². The van der Waals surface area contributed by atoms with Gasteiger partial charge in [-0.2, -0.15) is 0 Å². The van der Waals surface area contributed by atoms with Crippen molar-refractivity contribution in [2.24, 2.45) is 0 Å². The highest BCUT2D eigenvalue weighted by molar-refractivity contribution is 8.14. The zero-order valence-corrected chi connectivity index (χ0v) is 21.7. The number of ether oxygens (including phenoxy) is 1. The van der Waals surface area contributed by atoms with E-state index in [1.54, 1.807) is 12.3 Å². The summed E-state index contributed by atoms with van der Waals surface area (Å²) in [4.78, 5) is 53.1. The van der Waals surface area contributed by atoms with Gasteiger partial charge >= 0.3 is 5.97 Å². The molecule has 1 aromatic carbocycles. The van der Waals surface area contributed by atoms with Gasteiger partial charge in [-0.05, 0) is 44.4 Å². The van der Waals surface area contributed by atoms with Crippen molar-refractivity contribution in [1.29, 1.82) is 0 Å². The SMILES string of the molecule is COC(=O)c1cn(C2CC2)c2cc(N3CCN(CCCC(=O)NC4CCSC4=O)CC3)c(F)cc2c1=O. The van der Waals surface area contributed by atoms with E-state index in [4.69, 9.17) is 4.74 Å². The van der Waals surface area contributed by atoms with Crippen LogP contribution in [0.1, 0.15) is 48.5 Å². The highest BCUT2D eigenvalue weighted by Crippen LogP contribution is 2.38. The first-order valence-electron chi connectivity index (χ1n) is 12.8. The number of halogens is 1. The molecule has 0 radical (unpaired) electrons. The van der Waals surface area contributed by atoms with E-state index < -0.39 is 17.2 Å². The molecule has 2 aliphatic heterocycles. The van der Waals surface area contributed by atoms with Crippen LogP contribution in [0, 0.1) is 5.82 Å². The Labute approximate surface area is 218 Å². The Morgan fingerprint density at radius 3 is 2.54 bits per heavy atom. The van der Waals surface area contributed by atoms with Crippen molar-refractivity contribution in [1.82, 2.24) is 14.8 Å². The number of aromatic nitrogens is 1. The van der Waals surface area contributed by atoms with Crippen molar-refractivity contribution in [2.75, 3.05) is 50.5 Å². The van der Waals surface area contributed by atoms with Gasteiger partial charge in [-0.25, -0.2) is 9.18 Å². The molecular formula is C26H31FN4O5S. The molecule has 3 heterocycles. The average molecular weight is 531 g/mol. The van der Waals surface area contributed by atoms with Crippen LogP contribution in [0.25, 0.3) is 10.9 Å². The molecule has 0 bridgehead atoms. The number of nitrogens with zero attached hydrogens (tertiary/aromatic N) is 3. The van der Waals surface area contributed by atoms with E-state index in [1.807, 2.05) is 9.47 Å². The lowest BCUT2D eigenvalue weighted by Crippen LogP contribution is -2.47. The molecule has 1 saturated carbocycles. The van der Waals surface area contributed by atoms with Gasteiger partial charge in [0, 0.05) is 56.0 Å². The van der Waals surface area contributed by atoms with Crippen LogP contribution in [-0.4, -0.2) is 78.1 Å². The number of fused-ring (bicyclic) bond motifs is 1. The molecule has 0 spiro atoms. The zero-order valence-electron chi connectivity index (χ0n) is 20.8. The van der Waals surface area contributed by atoms with Crippen LogP contribution in [0.15, 0.2) is 23.1 Å². The molecule has 1 N–H and O–H groups in total. The highest BCUT2D eigenvalue weighted by atomic mass is 32.2. The Morgan fingerprint density at radius 1 is 1.14 bits per heavy atom. The van der Waals surface area contributed by atoms with Crippen molar-refractivity contribution in [2.45, 2.75) is 44.2 Å². The van der Waals surface area contributed by atoms with Crippen LogP contribution in [0.5, 0.6) is 0 Å². The van der Waals surface area contributed by atoms with E-state index in [0.29, 0.717) is 43.6 Å². The molecule has 5 rings (SSSR count). The second-order valence-electron chi connectivity index (χ2n) is 9.83. The maximum absolute atomic E-state index is 15.2. The summed E-state index contributed by atoms with van der Waals surface area (Å²) in [5, 5.41) is 3.05. The fourth-order valence-electron chi connectivity index (χ4n) is 5.08. The first-order valence-corrected chi connectivity index (χ1v) is 13.7. The first kappa shape index (κ1) is 25.7. The minimum atomic E-state index is -0.717. The van der Waals surface area contributed by atoms with Gasteiger partial charge in [-0.1, -0.05) is 11.8 Å². The predicted octanol–water partition coefficient (Wildman–Crippen LogP) is 2.31. The maximum atomic E-state index is 15.2. The van der Waals surface area contributed by atoms with Crippen molar-refractivity contribution in [3.8, 4) is 0 Å². The monoisotopic (exact) mass is 530 g/mol. The van der Waals surface area contributed by atoms with E-state index in [0.717, 1.165) is 38.2 Å². The van der Waals surface area contributed by atoms with E-state index >= 15 is 4.39 Å². The lowest BCUT2D eigenvalue weighted by atomic mass is 10.1. The standard InChI is InChI=1S/C26H31FN4O5S/c1-36-25(34)18-15-31(16-4-5-16)21-14-22(19(27)13-17(21)24(18)33)30-10-8-29(9-11-30)7-2-3-23(32)28-20-6-12-37-26(20)35/h13-16,20H,2-12H2,1H3,(H,28,32). The third-order valence-corrected chi connectivity index (χ3v) is 8.32. The Kier molecular flexibility index (Phi) is 7.52. The van der Waals surface area contributed by atoms with Crippen molar-refractivity contribution < 1.29 is 23.5 Å². The number of anilines is 1. The van der Waals surface area contributed by atoms with Crippen LogP contribution in [0.2, 0.25) is 0 Å². The fraction of sp³-hybridized carbons (Fsp3) is 0.538. The van der Waals surface area contributed by atoms with Gasteiger partial charge < -0.3 is 19.5 Å². The topological polar surface area (TPSA) is 101 Å². The van der Waals surface area contributed by atoms with Gasteiger partial charge in [0.05, 0.1) is 24.4 Å². The summed E-state index contributed by atoms with van der Waals surface area (Å²) >= 11 is 1.27. The van der Waals surface area contributed by atoms with Gasteiger partial charge in [-0.15, -0.1) is 0 Å². The number of carbonyl (C=O) groups excluding carboxylic acids is 3. The van der Waals surface area contributed by atoms with Crippen LogP contribution < -0.4 is 15.6 Å². The maximum Gasteiger partial charge on any atom is 0.343 e. The molecule has 1 atom stereocenters. The smallest absolute Gasteiger partial charge is 0.343 e. The molecule has 9 nitrogen and oxygen atoms in total. The average Bonchev–Trinajstić information content (AvgIpc) is 3.66. The van der Waals surface area contributed by atoms with Gasteiger partial charge in [-0.3, -0.25) is 19.3 Å². The molecule has 2 aromatic rings. The largest absolute Gasteiger partial charge is 0.465 e. The fourth-order valence-corrected chi connectivity index (χ4v) is 6.01. The number of hydrogen-bond donors (Lipinski definition) is 1. The molecule has 1 aromatic heterocycles. The highest BCUT2D eigenvalue weighted by Gasteiger charge is 2.29. The second-order valence-corrected chi connectivity index (χ2v) is 10.9. The summed E-state index contributed by atoms with van der Waals surface area (Å²) in [5.41, 5.74) is 0.480. The number of piperazine rings is 1. The molecule has 3 fully saturated rings. The zero-order chi connectivity index (χ0) is 26.1. The lowest BCUT2D eigenvalue weighted by Gasteiger charge is -2.36. The number of carbonyl (C=O) groups is 3. The molecule has 37 heavy (non-hydrogen) atoms. The first-order chi connectivity index (χ1) is 17.9. The second kappa shape index (κ2) is 10.8. The molecule has 1 aliphatic carbocycles.